The van der Waals surface area contributed by atoms with E-state index in [2.05, 4.69) is 10.3 Å². The van der Waals surface area contributed by atoms with Gasteiger partial charge in [-0.3, -0.25) is 0 Å². The van der Waals surface area contributed by atoms with E-state index in [4.69, 9.17) is 5.11 Å². The first-order valence-corrected chi connectivity index (χ1v) is 5.48. The Morgan fingerprint density at radius 1 is 1.41 bits per heavy atom. The van der Waals surface area contributed by atoms with Crippen LogP contribution in [0.4, 0.5) is 4.39 Å². The van der Waals surface area contributed by atoms with Crippen molar-refractivity contribution >= 4 is 0 Å². The van der Waals surface area contributed by atoms with E-state index in [-0.39, 0.29) is 12.4 Å². The maximum Gasteiger partial charge on any atom is 0.126 e. The molecule has 0 unspecified atom stereocenters. The topological polar surface area (TPSA) is 50.9 Å². The van der Waals surface area contributed by atoms with Crippen LogP contribution in [0.5, 0.6) is 0 Å². The molecule has 0 amide bonds. The molecule has 2 aromatic rings. The molecule has 5 heteroatoms. The van der Waals surface area contributed by atoms with Crippen molar-refractivity contribution in [1.29, 1.82) is 0 Å². The van der Waals surface area contributed by atoms with Gasteiger partial charge in [0.1, 0.15) is 11.5 Å². The number of nitrogens with zero attached hydrogens (tertiary/aromatic N) is 3. The second kappa shape index (κ2) is 4.63. The maximum atomic E-state index is 13.2. The molecular formula is C12H14FN3O. The molecule has 0 fully saturated rings. The SMILES string of the molecule is CCc1c(CO)nnn1-c1ccc(F)c(C)c1. The molecule has 2 rings (SSSR count). The summed E-state index contributed by atoms with van der Waals surface area (Å²) in [7, 11) is 0. The molecule has 0 spiro atoms. The van der Waals surface area contributed by atoms with Crippen LogP contribution in [-0.2, 0) is 13.0 Å². The smallest absolute Gasteiger partial charge is 0.126 e. The van der Waals surface area contributed by atoms with Gasteiger partial charge in [0, 0.05) is 0 Å². The lowest BCUT2D eigenvalue weighted by molar-refractivity contribution is 0.275. The molecular weight excluding hydrogens is 221 g/mol. The zero-order valence-electron chi connectivity index (χ0n) is 9.81. The van der Waals surface area contributed by atoms with Crippen LogP contribution in [0.15, 0.2) is 18.2 Å². The second-order valence-corrected chi connectivity index (χ2v) is 3.84. The number of aliphatic hydroxyl groups excluding tert-OH is 1. The van der Waals surface area contributed by atoms with E-state index >= 15 is 0 Å². The van der Waals surface area contributed by atoms with Gasteiger partial charge in [-0.2, -0.15) is 0 Å². The zero-order valence-corrected chi connectivity index (χ0v) is 9.81. The van der Waals surface area contributed by atoms with Crippen LogP contribution in [0.3, 0.4) is 0 Å². The molecule has 0 radical (unpaired) electrons. The van der Waals surface area contributed by atoms with Crippen molar-refractivity contribution in [3.63, 3.8) is 0 Å². The fourth-order valence-electron chi connectivity index (χ4n) is 1.78. The maximum absolute atomic E-state index is 13.2. The summed E-state index contributed by atoms with van der Waals surface area (Å²) in [5, 5.41) is 17.0. The summed E-state index contributed by atoms with van der Waals surface area (Å²) in [5.41, 5.74) is 2.73. The minimum absolute atomic E-state index is 0.136. The van der Waals surface area contributed by atoms with Crippen LogP contribution < -0.4 is 0 Å². The van der Waals surface area contributed by atoms with E-state index in [1.165, 1.54) is 6.07 Å². The summed E-state index contributed by atoms with van der Waals surface area (Å²) >= 11 is 0. The Hall–Kier alpha value is -1.75. The number of hydrogen-bond acceptors (Lipinski definition) is 3. The van der Waals surface area contributed by atoms with Crippen LogP contribution in [-0.4, -0.2) is 20.1 Å². The highest BCUT2D eigenvalue weighted by molar-refractivity contribution is 5.37. The third-order valence-electron chi connectivity index (χ3n) is 2.71. The summed E-state index contributed by atoms with van der Waals surface area (Å²) in [6.45, 7) is 3.53. The molecule has 1 aromatic carbocycles. The number of aliphatic hydroxyl groups is 1. The van der Waals surface area contributed by atoms with Gasteiger partial charge in [-0.1, -0.05) is 12.1 Å². The Bertz CT molecular complexity index is 537. The van der Waals surface area contributed by atoms with E-state index in [0.717, 1.165) is 11.4 Å². The molecule has 0 aliphatic rings. The highest BCUT2D eigenvalue weighted by Gasteiger charge is 2.12. The molecule has 17 heavy (non-hydrogen) atoms. The number of halogens is 1. The number of aryl methyl sites for hydroxylation is 1. The van der Waals surface area contributed by atoms with E-state index in [0.29, 0.717) is 17.7 Å². The summed E-state index contributed by atoms with van der Waals surface area (Å²) in [5.74, 6) is -0.241. The average molecular weight is 235 g/mol. The molecule has 1 N–H and O–H groups in total. The molecule has 0 bridgehead atoms. The zero-order chi connectivity index (χ0) is 12.4. The molecule has 0 aliphatic carbocycles. The van der Waals surface area contributed by atoms with Gasteiger partial charge in [-0.05, 0) is 37.1 Å². The Kier molecular flexibility index (Phi) is 3.19. The Labute approximate surface area is 98.7 Å². The van der Waals surface area contributed by atoms with Gasteiger partial charge in [0.25, 0.3) is 0 Å². The van der Waals surface area contributed by atoms with Gasteiger partial charge in [0.2, 0.25) is 0 Å². The lowest BCUT2D eigenvalue weighted by Crippen LogP contribution is -2.03. The number of rotatable bonds is 3. The predicted molar refractivity (Wildman–Crippen MR) is 61.4 cm³/mol. The fraction of sp³-hybridized carbons (Fsp3) is 0.333. The van der Waals surface area contributed by atoms with Gasteiger partial charge < -0.3 is 5.11 Å². The number of aromatic nitrogens is 3. The van der Waals surface area contributed by atoms with E-state index in [1.54, 1.807) is 23.7 Å². The molecule has 0 saturated heterocycles. The van der Waals surface area contributed by atoms with Gasteiger partial charge in [0.15, 0.2) is 0 Å². The van der Waals surface area contributed by atoms with Gasteiger partial charge in [-0.25, -0.2) is 9.07 Å². The lowest BCUT2D eigenvalue weighted by atomic mass is 10.2. The third-order valence-corrected chi connectivity index (χ3v) is 2.71. The first-order chi connectivity index (χ1) is 8.17. The highest BCUT2D eigenvalue weighted by atomic mass is 19.1. The van der Waals surface area contributed by atoms with Crippen molar-refractivity contribution in [1.82, 2.24) is 15.0 Å². The van der Waals surface area contributed by atoms with Crippen molar-refractivity contribution in [3.05, 3.63) is 41.0 Å². The predicted octanol–water partition coefficient (Wildman–Crippen LogP) is 1.77. The van der Waals surface area contributed by atoms with Gasteiger partial charge >= 0.3 is 0 Å². The lowest BCUT2D eigenvalue weighted by Gasteiger charge is -2.06. The van der Waals surface area contributed by atoms with Crippen LogP contribution in [0.25, 0.3) is 5.69 Å². The van der Waals surface area contributed by atoms with Crippen molar-refractivity contribution in [2.75, 3.05) is 0 Å². The van der Waals surface area contributed by atoms with Crippen molar-refractivity contribution in [3.8, 4) is 5.69 Å². The Morgan fingerprint density at radius 2 is 2.18 bits per heavy atom. The standard InChI is InChI=1S/C12H14FN3O/c1-3-12-11(7-17)14-15-16(12)9-4-5-10(13)8(2)6-9/h4-6,17H,3,7H2,1-2H3. The van der Waals surface area contributed by atoms with Crippen LogP contribution in [0, 0.1) is 12.7 Å². The highest BCUT2D eigenvalue weighted by Crippen LogP contribution is 2.16. The minimum Gasteiger partial charge on any atom is -0.390 e. The number of hydrogen-bond donors (Lipinski definition) is 1. The summed E-state index contributed by atoms with van der Waals surface area (Å²) < 4.78 is 14.8. The van der Waals surface area contributed by atoms with Gasteiger partial charge in [-0.15, -0.1) is 5.10 Å². The first-order valence-electron chi connectivity index (χ1n) is 5.48. The minimum atomic E-state index is -0.241. The largest absolute Gasteiger partial charge is 0.390 e. The van der Waals surface area contributed by atoms with Gasteiger partial charge in [0.05, 0.1) is 18.0 Å². The Morgan fingerprint density at radius 3 is 2.76 bits per heavy atom. The fourth-order valence-corrected chi connectivity index (χ4v) is 1.78. The molecule has 1 heterocycles. The van der Waals surface area contributed by atoms with Crippen molar-refractivity contribution < 1.29 is 9.50 Å². The number of benzene rings is 1. The summed E-state index contributed by atoms with van der Waals surface area (Å²) in [6.07, 6.45) is 0.708. The second-order valence-electron chi connectivity index (χ2n) is 3.84. The first kappa shape index (κ1) is 11.7. The molecule has 4 nitrogen and oxygen atoms in total. The summed E-state index contributed by atoms with van der Waals surface area (Å²) in [6, 6.07) is 4.77. The van der Waals surface area contributed by atoms with Crippen LogP contribution in [0.1, 0.15) is 23.9 Å². The molecule has 0 aliphatic heterocycles. The Balaban J connectivity index is 2.52. The monoisotopic (exact) mass is 235 g/mol. The molecule has 0 atom stereocenters. The van der Waals surface area contributed by atoms with Crippen molar-refractivity contribution in [2.24, 2.45) is 0 Å². The van der Waals surface area contributed by atoms with E-state index in [1.807, 2.05) is 6.92 Å². The quantitative estimate of drug-likeness (QED) is 0.882. The molecule has 1 aromatic heterocycles. The average Bonchev–Trinajstić information content (AvgIpc) is 2.75. The summed E-state index contributed by atoms with van der Waals surface area (Å²) in [4.78, 5) is 0. The van der Waals surface area contributed by atoms with Crippen molar-refractivity contribution in [2.45, 2.75) is 26.9 Å². The molecule has 0 saturated carbocycles. The van der Waals surface area contributed by atoms with Crippen LogP contribution >= 0.6 is 0 Å². The molecule has 90 valence electrons. The van der Waals surface area contributed by atoms with Crippen LogP contribution in [0.2, 0.25) is 0 Å². The normalized spacial score (nSPS) is 10.8. The van der Waals surface area contributed by atoms with E-state index < -0.39 is 0 Å². The third kappa shape index (κ3) is 2.06. The van der Waals surface area contributed by atoms with E-state index in [9.17, 15) is 4.39 Å².